The highest BCUT2D eigenvalue weighted by atomic mass is 32.2. The van der Waals surface area contributed by atoms with Crippen LogP contribution in [0.4, 0.5) is 0 Å². The molecule has 13 heteroatoms. The molecule has 1 aliphatic rings. The van der Waals surface area contributed by atoms with Crippen molar-refractivity contribution in [2.45, 2.75) is 94.7 Å². The van der Waals surface area contributed by atoms with E-state index in [4.69, 9.17) is 10.5 Å². The number of hydrogen-bond donors (Lipinski definition) is 3. The van der Waals surface area contributed by atoms with Gasteiger partial charge in [-0.1, -0.05) is 20.3 Å². The first-order valence-electron chi connectivity index (χ1n) is 13.2. The maximum atomic E-state index is 12.7. The van der Waals surface area contributed by atoms with Crippen LogP contribution in [0.1, 0.15) is 60.3 Å². The van der Waals surface area contributed by atoms with Gasteiger partial charge in [-0.05, 0) is 40.0 Å². The molecular formula is C22H45B4N3O4S2. The van der Waals surface area contributed by atoms with Crippen molar-refractivity contribution in [3.63, 3.8) is 0 Å². The van der Waals surface area contributed by atoms with Gasteiger partial charge in [0.25, 0.3) is 0 Å². The van der Waals surface area contributed by atoms with Gasteiger partial charge in [-0.3, -0.25) is 4.79 Å². The number of thioether (sulfide) groups is 2. The standard InChI is InChI=1S/C22H45B4N3O4S2/c1-6-7-18(27)33-10-13(2)21(32)28-14(19(30)25-23)11-34-16-8-9-17(16)35-12-15(20(31)26-24)29-22(3,4)5/h13-18,25-26,29H,6-12,23-24,27H2,1-5H3,(H,28,32). The zero-order chi connectivity index (χ0) is 26.6. The van der Waals surface area contributed by atoms with E-state index in [0.29, 0.717) is 30.6 Å². The molecule has 0 aliphatic heterocycles. The van der Waals surface area contributed by atoms with Gasteiger partial charge in [-0.15, -0.1) is 0 Å². The minimum Gasteiger partial charge on any atom is -0.363 e. The average molecular weight is 523 g/mol. The van der Waals surface area contributed by atoms with E-state index < -0.39 is 6.04 Å². The van der Waals surface area contributed by atoms with E-state index in [1.54, 1.807) is 18.7 Å². The molecule has 1 amide bonds. The highest BCUT2D eigenvalue weighted by Crippen LogP contribution is 2.40. The van der Waals surface area contributed by atoms with Gasteiger partial charge in [-0.25, -0.2) is 0 Å². The van der Waals surface area contributed by atoms with Gasteiger partial charge in [-0.2, -0.15) is 23.5 Å². The lowest BCUT2D eigenvalue weighted by atomic mass is 9.51. The van der Waals surface area contributed by atoms with E-state index in [9.17, 15) is 14.4 Å². The van der Waals surface area contributed by atoms with Gasteiger partial charge in [0.1, 0.15) is 11.9 Å². The Labute approximate surface area is 224 Å². The van der Waals surface area contributed by atoms with Gasteiger partial charge in [0.05, 0.1) is 45.8 Å². The maximum Gasteiger partial charge on any atom is 0.225 e. The summed E-state index contributed by atoms with van der Waals surface area (Å²) in [5.41, 5.74) is 6.07. The quantitative estimate of drug-likeness (QED) is 0.155. The van der Waals surface area contributed by atoms with Crippen molar-refractivity contribution in [1.29, 1.82) is 0 Å². The lowest BCUT2D eigenvalue weighted by Gasteiger charge is -2.38. The normalized spacial score (nSPS) is 21.2. The van der Waals surface area contributed by atoms with Crippen molar-refractivity contribution >= 4 is 70.6 Å². The molecule has 6 atom stereocenters. The Bertz CT molecular complexity index is 688. The summed E-state index contributed by atoms with van der Waals surface area (Å²) in [5.74, 6) is 0.790. The molecule has 6 unspecified atom stereocenters. The van der Waals surface area contributed by atoms with Crippen LogP contribution < -0.4 is 16.4 Å². The molecule has 0 aromatic heterocycles. The molecule has 0 saturated heterocycles. The third-order valence-electron chi connectivity index (χ3n) is 6.08. The highest BCUT2D eigenvalue weighted by Gasteiger charge is 2.34. The van der Waals surface area contributed by atoms with Crippen LogP contribution >= 0.6 is 23.5 Å². The molecule has 1 rings (SSSR count). The number of carbonyl (C=O) groups excluding carboxylic acids is 3. The molecule has 0 heterocycles. The zero-order valence-corrected chi connectivity index (χ0v) is 24.5. The summed E-state index contributed by atoms with van der Waals surface area (Å²) >= 11 is 3.62. The summed E-state index contributed by atoms with van der Waals surface area (Å²) in [6.07, 6.45) is 3.53. The van der Waals surface area contributed by atoms with Gasteiger partial charge in [0.15, 0.2) is 14.3 Å². The zero-order valence-electron chi connectivity index (χ0n) is 22.9. The van der Waals surface area contributed by atoms with E-state index in [1.165, 1.54) is 0 Å². The second-order valence-electron chi connectivity index (χ2n) is 10.5. The number of carbonyl (C=O) groups is 3. The number of hydrogen-bond acceptors (Lipinski definition) is 8. The van der Waals surface area contributed by atoms with Crippen LogP contribution in [-0.4, -0.2) is 99.6 Å². The Balaban J connectivity index is 2.57. The second-order valence-corrected chi connectivity index (χ2v) is 13.1. The van der Waals surface area contributed by atoms with Gasteiger partial charge >= 0.3 is 0 Å². The molecule has 1 fully saturated rings. The Morgan fingerprint density at radius 3 is 2.03 bits per heavy atom. The molecule has 1 aliphatic carbocycles. The Hall–Kier alpha value is -0.350. The van der Waals surface area contributed by atoms with Crippen molar-refractivity contribution in [3.05, 3.63) is 0 Å². The number of amides is 1. The van der Waals surface area contributed by atoms with Crippen LogP contribution in [0.25, 0.3) is 0 Å². The Morgan fingerprint density at radius 2 is 1.57 bits per heavy atom. The monoisotopic (exact) mass is 523 g/mol. The van der Waals surface area contributed by atoms with Crippen LogP contribution in [0.5, 0.6) is 0 Å². The Kier molecular flexibility index (Phi) is 15.4. The third kappa shape index (κ3) is 12.6. The lowest BCUT2D eigenvalue weighted by Crippen LogP contribution is -2.51. The number of nitrogens with one attached hydrogen (secondary N) is 2. The largest absolute Gasteiger partial charge is 0.363 e. The third-order valence-corrected chi connectivity index (χ3v) is 9.29. The molecule has 7 nitrogen and oxygen atoms in total. The number of rotatable bonds is 18. The van der Waals surface area contributed by atoms with Crippen LogP contribution in [0.3, 0.4) is 0 Å². The first kappa shape index (κ1) is 32.7. The minimum absolute atomic E-state index is 0.0492. The van der Waals surface area contributed by atoms with Crippen molar-refractivity contribution in [2.75, 3.05) is 18.1 Å². The summed E-state index contributed by atoms with van der Waals surface area (Å²) in [5, 5.41) is 7.32. The van der Waals surface area contributed by atoms with Gasteiger partial charge in [0.2, 0.25) is 5.91 Å². The molecule has 4 N–H and O–H groups in total. The SMILES string of the molecule is BBC(=O)C(CSC1CCC1SCC(NC(C)(C)C)C(=O)BB)NC(=O)C(C)COC(N)CCC. The molecule has 0 aromatic rings. The van der Waals surface area contributed by atoms with E-state index >= 15 is 0 Å². The van der Waals surface area contributed by atoms with Gasteiger partial charge < -0.3 is 30.7 Å². The molecule has 0 bridgehead atoms. The smallest absolute Gasteiger partial charge is 0.225 e. The summed E-state index contributed by atoms with van der Waals surface area (Å²) in [6, 6.07) is -0.633. The highest BCUT2D eigenvalue weighted by molar-refractivity contribution is 8.04. The molecular weight excluding hydrogens is 478 g/mol. The van der Waals surface area contributed by atoms with E-state index in [0.717, 1.165) is 31.4 Å². The van der Waals surface area contributed by atoms with Crippen LogP contribution in [0, 0.1) is 5.92 Å². The molecule has 0 radical (unpaired) electrons. The number of nitrogens with two attached hydrogens (primary N) is 1. The van der Waals surface area contributed by atoms with Gasteiger partial charge in [0, 0.05) is 27.5 Å². The predicted molar refractivity (Wildman–Crippen MR) is 160 cm³/mol. The maximum absolute atomic E-state index is 12.7. The Morgan fingerprint density at radius 1 is 1.06 bits per heavy atom. The second kappa shape index (κ2) is 16.5. The summed E-state index contributed by atoms with van der Waals surface area (Å²) in [4.78, 5) is 37.6. The first-order chi connectivity index (χ1) is 16.4. The van der Waals surface area contributed by atoms with Crippen LogP contribution in [-0.2, 0) is 19.1 Å². The van der Waals surface area contributed by atoms with Crippen molar-refractivity contribution in [1.82, 2.24) is 10.6 Å². The molecule has 0 aromatic carbocycles. The van der Waals surface area contributed by atoms with Crippen molar-refractivity contribution in [3.8, 4) is 0 Å². The number of ether oxygens (including phenoxy) is 1. The fourth-order valence-corrected chi connectivity index (χ4v) is 6.93. The average Bonchev–Trinajstić information content (AvgIpc) is 2.78. The molecule has 0 spiro atoms. The fourth-order valence-electron chi connectivity index (χ4n) is 3.73. The fraction of sp³-hybridized carbons (Fsp3) is 0.864. The summed E-state index contributed by atoms with van der Waals surface area (Å²) in [6.45, 7) is 10.3. The summed E-state index contributed by atoms with van der Waals surface area (Å²) in [7, 11) is 4.67. The first-order valence-corrected chi connectivity index (χ1v) is 15.2. The van der Waals surface area contributed by atoms with E-state index in [-0.39, 0.29) is 47.6 Å². The van der Waals surface area contributed by atoms with E-state index in [1.807, 2.05) is 34.2 Å². The summed E-state index contributed by atoms with van der Waals surface area (Å²) < 4.78 is 5.57. The molecule has 196 valence electrons. The van der Waals surface area contributed by atoms with Crippen LogP contribution in [0.2, 0.25) is 0 Å². The topological polar surface area (TPSA) is 111 Å². The lowest BCUT2D eigenvalue weighted by molar-refractivity contribution is -0.129. The molecule has 35 heavy (non-hydrogen) atoms. The van der Waals surface area contributed by atoms with Crippen molar-refractivity contribution in [2.24, 2.45) is 11.7 Å². The van der Waals surface area contributed by atoms with Crippen molar-refractivity contribution < 1.29 is 19.1 Å². The van der Waals surface area contributed by atoms with E-state index in [2.05, 4.69) is 31.4 Å². The predicted octanol–water partition coefficient (Wildman–Crippen LogP) is -1.01. The minimum atomic E-state index is -0.493. The molecule has 1 saturated carbocycles. The van der Waals surface area contributed by atoms with Crippen LogP contribution in [0.15, 0.2) is 0 Å².